The summed E-state index contributed by atoms with van der Waals surface area (Å²) in [5, 5.41) is 0. The Morgan fingerprint density at radius 1 is 1.31 bits per heavy atom. The molecule has 0 aromatic heterocycles. The van der Waals surface area contributed by atoms with Gasteiger partial charge in [-0.2, -0.15) is 0 Å². The summed E-state index contributed by atoms with van der Waals surface area (Å²) >= 11 is 5.52. The number of rotatable bonds is 4. The molecule has 0 aliphatic rings. The largest absolute Gasteiger partial charge is 0.279 e. The van der Waals surface area contributed by atoms with E-state index in [-0.39, 0.29) is 5.78 Å². The molecule has 16 heavy (non-hydrogen) atoms. The Morgan fingerprint density at radius 3 is 2.75 bits per heavy atom. The molecule has 0 N–H and O–H groups in total. The van der Waals surface area contributed by atoms with Crippen LogP contribution in [0.3, 0.4) is 0 Å². The maximum Gasteiger partial charge on any atom is 0.236 e. The summed E-state index contributed by atoms with van der Waals surface area (Å²) in [6.07, 6.45) is 5.46. The van der Waals surface area contributed by atoms with E-state index in [0.29, 0.717) is 11.4 Å². The van der Waals surface area contributed by atoms with Crippen LogP contribution in [0, 0.1) is 11.8 Å². The number of hydrogen-bond acceptors (Lipinski definition) is 1. The molecule has 1 nitrogen and oxygen atoms in total. The molecule has 0 amide bonds. The third-order valence-electron chi connectivity index (χ3n) is 1.93. The molecule has 0 fully saturated rings. The lowest BCUT2D eigenvalue weighted by atomic mass is 10.1. The van der Waals surface area contributed by atoms with Crippen LogP contribution in [-0.2, 0) is 0 Å². The summed E-state index contributed by atoms with van der Waals surface area (Å²) in [6, 6.07) is 9.04. The third kappa shape index (κ3) is 4.82. The molecule has 0 unspecified atom stereocenters. The molecule has 0 aliphatic heterocycles. The van der Waals surface area contributed by atoms with E-state index in [9.17, 15) is 4.79 Å². The summed E-state index contributed by atoms with van der Waals surface area (Å²) < 4.78 is 0. The average molecular weight is 233 g/mol. The Kier molecular flexibility index (Phi) is 6.06. The number of unbranched alkanes of at least 4 members (excludes halogenated alkanes) is 1. The van der Waals surface area contributed by atoms with Crippen molar-refractivity contribution in [3.05, 3.63) is 48.0 Å². The second-order valence-electron chi connectivity index (χ2n) is 3.20. The zero-order valence-corrected chi connectivity index (χ0v) is 9.70. The molecule has 0 bridgehead atoms. The Morgan fingerprint density at radius 2 is 2.06 bits per heavy atom. The normalized spacial score (nSPS) is 9.81. The minimum atomic E-state index is -0.150. The maximum absolute atomic E-state index is 11.5. The number of Topliss-reactive ketones (excluding diaryl/α,β-unsaturated/α-hetero) is 1. The van der Waals surface area contributed by atoms with E-state index in [4.69, 9.17) is 11.6 Å². The molecule has 0 aliphatic carbocycles. The molecule has 1 aromatic rings. The first-order valence-corrected chi connectivity index (χ1v) is 5.70. The number of benzene rings is 1. The van der Waals surface area contributed by atoms with Crippen molar-refractivity contribution in [2.75, 3.05) is 5.88 Å². The highest BCUT2D eigenvalue weighted by atomic mass is 35.5. The SMILES string of the molecule is O=C(C#C/C=C/CCCCl)c1ccccc1. The van der Waals surface area contributed by atoms with Gasteiger partial charge < -0.3 is 0 Å². The maximum atomic E-state index is 11.5. The minimum absolute atomic E-state index is 0.150. The van der Waals surface area contributed by atoms with Gasteiger partial charge in [0, 0.05) is 11.4 Å². The van der Waals surface area contributed by atoms with E-state index in [2.05, 4.69) is 11.8 Å². The molecule has 0 heterocycles. The van der Waals surface area contributed by atoms with Crippen LogP contribution in [-0.4, -0.2) is 11.7 Å². The van der Waals surface area contributed by atoms with Crippen LogP contribution in [0.25, 0.3) is 0 Å². The zero-order valence-electron chi connectivity index (χ0n) is 8.95. The van der Waals surface area contributed by atoms with Gasteiger partial charge >= 0.3 is 0 Å². The Hall–Kier alpha value is -1.52. The molecule has 0 spiro atoms. The van der Waals surface area contributed by atoms with E-state index in [1.54, 1.807) is 18.2 Å². The van der Waals surface area contributed by atoms with Gasteiger partial charge in [-0.1, -0.05) is 42.3 Å². The van der Waals surface area contributed by atoms with Gasteiger partial charge in [-0.25, -0.2) is 0 Å². The molecule has 0 radical (unpaired) electrons. The smallest absolute Gasteiger partial charge is 0.236 e. The second kappa shape index (κ2) is 7.73. The van der Waals surface area contributed by atoms with E-state index in [1.165, 1.54) is 0 Å². The van der Waals surface area contributed by atoms with Crippen LogP contribution >= 0.6 is 11.6 Å². The number of alkyl halides is 1. The molecule has 0 saturated carbocycles. The molecule has 1 aromatic carbocycles. The predicted octanol–water partition coefficient (Wildman–Crippen LogP) is 3.45. The lowest BCUT2D eigenvalue weighted by Crippen LogP contribution is -1.92. The van der Waals surface area contributed by atoms with Gasteiger partial charge in [-0.05, 0) is 24.8 Å². The van der Waals surface area contributed by atoms with E-state index in [0.717, 1.165) is 12.8 Å². The van der Waals surface area contributed by atoms with Crippen LogP contribution in [0.4, 0.5) is 0 Å². The first-order valence-electron chi connectivity index (χ1n) is 5.16. The van der Waals surface area contributed by atoms with Crippen molar-refractivity contribution in [1.29, 1.82) is 0 Å². The van der Waals surface area contributed by atoms with Gasteiger partial charge in [0.05, 0.1) is 0 Å². The topological polar surface area (TPSA) is 17.1 Å². The Labute approximate surface area is 101 Å². The van der Waals surface area contributed by atoms with Crippen LogP contribution < -0.4 is 0 Å². The summed E-state index contributed by atoms with van der Waals surface area (Å²) in [7, 11) is 0. The van der Waals surface area contributed by atoms with Crippen molar-refractivity contribution in [3.8, 4) is 11.8 Å². The second-order valence-corrected chi connectivity index (χ2v) is 3.58. The lowest BCUT2D eigenvalue weighted by Gasteiger charge is -1.89. The number of hydrogen-bond donors (Lipinski definition) is 0. The zero-order chi connectivity index (χ0) is 11.6. The quantitative estimate of drug-likeness (QED) is 0.256. The highest BCUT2D eigenvalue weighted by Crippen LogP contribution is 1.98. The van der Waals surface area contributed by atoms with Gasteiger partial charge in [-0.3, -0.25) is 4.79 Å². The number of carbonyl (C=O) groups is 1. The van der Waals surface area contributed by atoms with Crippen molar-refractivity contribution >= 4 is 17.4 Å². The van der Waals surface area contributed by atoms with Gasteiger partial charge in [-0.15, -0.1) is 11.6 Å². The van der Waals surface area contributed by atoms with Crippen LogP contribution in [0.2, 0.25) is 0 Å². The number of allylic oxidation sites excluding steroid dienone is 2. The van der Waals surface area contributed by atoms with E-state index in [1.807, 2.05) is 24.3 Å². The fraction of sp³-hybridized carbons (Fsp3) is 0.214. The van der Waals surface area contributed by atoms with Crippen molar-refractivity contribution in [2.45, 2.75) is 12.8 Å². The number of carbonyl (C=O) groups excluding carboxylic acids is 1. The molecular weight excluding hydrogens is 220 g/mol. The highest BCUT2D eigenvalue weighted by Gasteiger charge is 1.97. The van der Waals surface area contributed by atoms with E-state index >= 15 is 0 Å². The van der Waals surface area contributed by atoms with Gasteiger partial charge in [0.1, 0.15) is 0 Å². The van der Waals surface area contributed by atoms with Crippen molar-refractivity contribution in [1.82, 2.24) is 0 Å². The van der Waals surface area contributed by atoms with Gasteiger partial charge in [0.25, 0.3) is 0 Å². The number of halogens is 1. The van der Waals surface area contributed by atoms with Crippen molar-refractivity contribution in [3.63, 3.8) is 0 Å². The van der Waals surface area contributed by atoms with Gasteiger partial charge in [0.2, 0.25) is 5.78 Å². The molecule has 82 valence electrons. The van der Waals surface area contributed by atoms with Crippen molar-refractivity contribution < 1.29 is 4.79 Å². The first kappa shape index (κ1) is 12.5. The number of ketones is 1. The first-order chi connectivity index (χ1) is 7.84. The molecule has 0 atom stereocenters. The Bertz CT molecular complexity index is 409. The fourth-order valence-electron chi connectivity index (χ4n) is 1.11. The summed E-state index contributed by atoms with van der Waals surface area (Å²) in [6.45, 7) is 0. The summed E-state index contributed by atoms with van der Waals surface area (Å²) in [4.78, 5) is 11.5. The van der Waals surface area contributed by atoms with Crippen LogP contribution in [0.15, 0.2) is 42.5 Å². The van der Waals surface area contributed by atoms with Crippen LogP contribution in [0.5, 0.6) is 0 Å². The van der Waals surface area contributed by atoms with Crippen molar-refractivity contribution in [2.24, 2.45) is 0 Å². The van der Waals surface area contributed by atoms with Crippen LogP contribution in [0.1, 0.15) is 23.2 Å². The molecule has 2 heteroatoms. The van der Waals surface area contributed by atoms with Gasteiger partial charge in [0.15, 0.2) is 0 Å². The Balaban J connectivity index is 2.46. The molecule has 1 rings (SSSR count). The average Bonchev–Trinajstić information content (AvgIpc) is 2.34. The molecular formula is C14H13ClO. The predicted molar refractivity (Wildman–Crippen MR) is 67.6 cm³/mol. The molecule has 0 saturated heterocycles. The monoisotopic (exact) mass is 232 g/mol. The third-order valence-corrected chi connectivity index (χ3v) is 2.19. The summed E-state index contributed by atoms with van der Waals surface area (Å²) in [5.41, 5.74) is 0.629. The highest BCUT2D eigenvalue weighted by molar-refractivity contribution is 6.17. The lowest BCUT2D eigenvalue weighted by molar-refractivity contribution is 0.105. The summed E-state index contributed by atoms with van der Waals surface area (Å²) in [5.74, 6) is 5.79. The minimum Gasteiger partial charge on any atom is -0.279 e. The van der Waals surface area contributed by atoms with E-state index < -0.39 is 0 Å². The standard InChI is InChI=1S/C14H13ClO/c15-12-8-3-1-2-7-11-14(16)13-9-5-4-6-10-13/h1-2,4-6,9-10H,3,8,12H2/b2-1+. The fourth-order valence-corrected chi connectivity index (χ4v) is 1.26.